The van der Waals surface area contributed by atoms with E-state index < -0.39 is 23.3 Å². The quantitative estimate of drug-likeness (QED) is 0.293. The maximum Gasteiger partial charge on any atom is 0.409 e. The minimum atomic E-state index is -1.40. The number of hydrogen-bond donors (Lipinski definition) is 3. The van der Waals surface area contributed by atoms with Crippen molar-refractivity contribution in [2.45, 2.75) is 57.2 Å². The average molecular weight is 580 g/mol. The van der Waals surface area contributed by atoms with Crippen LogP contribution in [0.4, 0.5) is 25.2 Å². The number of aliphatic hydroxyl groups is 1. The predicted molar refractivity (Wildman–Crippen MR) is 154 cm³/mol. The van der Waals surface area contributed by atoms with Crippen LogP contribution in [0.2, 0.25) is 0 Å². The van der Waals surface area contributed by atoms with Gasteiger partial charge in [-0.25, -0.2) is 18.6 Å². The molecule has 5 rings (SSSR count). The lowest BCUT2D eigenvalue weighted by Crippen LogP contribution is -2.55. The van der Waals surface area contributed by atoms with Crippen LogP contribution in [-0.4, -0.2) is 61.9 Å². The van der Waals surface area contributed by atoms with Gasteiger partial charge < -0.3 is 25.8 Å². The van der Waals surface area contributed by atoms with Crippen molar-refractivity contribution < 1.29 is 23.4 Å². The van der Waals surface area contributed by atoms with Gasteiger partial charge in [-0.2, -0.15) is 9.61 Å². The zero-order valence-corrected chi connectivity index (χ0v) is 24.2. The number of hydrogen-bond acceptors (Lipinski definition) is 8. The van der Waals surface area contributed by atoms with Crippen molar-refractivity contribution in [1.29, 1.82) is 0 Å². The molecule has 0 aliphatic heterocycles. The van der Waals surface area contributed by atoms with Gasteiger partial charge in [0.25, 0.3) is 0 Å². The number of ether oxygens (including phenoxy) is 1. The number of nitrogens with two attached hydrogens (primary N) is 1. The van der Waals surface area contributed by atoms with E-state index in [-0.39, 0.29) is 40.7 Å². The average Bonchev–Trinajstić information content (AvgIpc) is 3.33. The molecule has 1 amide bonds. The molecule has 1 saturated carbocycles. The molecule has 0 radical (unpaired) electrons. The third-order valence-electron chi connectivity index (χ3n) is 8.07. The van der Waals surface area contributed by atoms with Crippen LogP contribution in [0.1, 0.15) is 50.7 Å². The summed E-state index contributed by atoms with van der Waals surface area (Å²) in [4.78, 5) is 22.5. The standard InChI is InChI=1S/C30H35F2N7O3/c1-16-10-17(11-23(33)27(16)38(4)29(40)42-5)20-8-9-34-15-25(20)36-28-35-14-19-6-7-24(37-39(19)28)26-21(31)12-18(13-22(26)32)30(2,3)41/h6-9,12-17,23,27,41H,10-11,33H2,1-5H3,(H,35,36)/t16-,17+,23+,27-/m0/s1. The molecular formula is C30H35F2N7O3. The molecule has 0 unspecified atom stereocenters. The van der Waals surface area contributed by atoms with Crippen LogP contribution in [0, 0.1) is 17.6 Å². The number of benzene rings is 1. The molecule has 1 fully saturated rings. The Kier molecular flexibility index (Phi) is 7.86. The topological polar surface area (TPSA) is 131 Å². The third kappa shape index (κ3) is 5.51. The number of nitrogens with zero attached hydrogens (tertiary/aromatic N) is 5. The third-order valence-corrected chi connectivity index (χ3v) is 8.07. The van der Waals surface area contributed by atoms with E-state index in [1.807, 2.05) is 6.07 Å². The molecule has 4 aromatic rings. The minimum absolute atomic E-state index is 0.0695. The van der Waals surface area contributed by atoms with E-state index in [4.69, 9.17) is 10.5 Å². The first kappa shape index (κ1) is 29.3. The highest BCUT2D eigenvalue weighted by Gasteiger charge is 2.39. The van der Waals surface area contributed by atoms with E-state index in [1.54, 1.807) is 36.6 Å². The number of fused-ring (bicyclic) bond motifs is 1. The Morgan fingerprint density at radius 2 is 1.90 bits per heavy atom. The van der Waals surface area contributed by atoms with Gasteiger partial charge in [0, 0.05) is 19.3 Å². The monoisotopic (exact) mass is 579 g/mol. The number of amides is 1. The molecule has 222 valence electrons. The van der Waals surface area contributed by atoms with Gasteiger partial charge in [-0.3, -0.25) is 4.98 Å². The Morgan fingerprint density at radius 3 is 2.55 bits per heavy atom. The van der Waals surface area contributed by atoms with Crippen LogP contribution in [-0.2, 0) is 10.3 Å². The number of carbonyl (C=O) groups excluding carboxylic acids is 1. The van der Waals surface area contributed by atoms with Gasteiger partial charge in [0.15, 0.2) is 0 Å². The molecule has 1 aromatic carbocycles. The summed E-state index contributed by atoms with van der Waals surface area (Å²) in [5.74, 6) is -1.14. The van der Waals surface area contributed by atoms with Gasteiger partial charge in [-0.05, 0) is 80.0 Å². The number of methoxy groups -OCH3 is 1. The number of imidazole rings is 1. The fourth-order valence-corrected chi connectivity index (χ4v) is 6.02. The minimum Gasteiger partial charge on any atom is -0.453 e. The van der Waals surface area contributed by atoms with E-state index in [9.17, 15) is 9.90 Å². The molecular weight excluding hydrogens is 544 g/mol. The molecule has 4 N–H and O–H groups in total. The fraction of sp³-hybridized carbons (Fsp3) is 0.400. The number of pyridine rings is 1. The summed E-state index contributed by atoms with van der Waals surface area (Å²) in [6.07, 6.45) is 6.01. The Morgan fingerprint density at radius 1 is 1.19 bits per heavy atom. The maximum absolute atomic E-state index is 15.1. The van der Waals surface area contributed by atoms with Gasteiger partial charge in [0.1, 0.15) is 11.6 Å². The second kappa shape index (κ2) is 11.3. The Balaban J connectivity index is 1.45. The summed E-state index contributed by atoms with van der Waals surface area (Å²) in [7, 11) is 3.06. The molecule has 4 atom stereocenters. The highest BCUT2D eigenvalue weighted by molar-refractivity contribution is 5.68. The van der Waals surface area contributed by atoms with Crippen LogP contribution in [0.15, 0.2) is 48.9 Å². The van der Waals surface area contributed by atoms with E-state index in [1.165, 1.54) is 31.5 Å². The molecule has 3 aromatic heterocycles. The lowest BCUT2D eigenvalue weighted by atomic mass is 9.73. The highest BCUT2D eigenvalue weighted by Crippen LogP contribution is 2.40. The summed E-state index contributed by atoms with van der Waals surface area (Å²) < 4.78 is 36.5. The van der Waals surface area contributed by atoms with Crippen LogP contribution < -0.4 is 11.1 Å². The van der Waals surface area contributed by atoms with Gasteiger partial charge in [0.2, 0.25) is 5.95 Å². The summed E-state index contributed by atoms with van der Waals surface area (Å²) in [5.41, 5.74) is 7.38. The van der Waals surface area contributed by atoms with Crippen molar-refractivity contribution in [3.8, 4) is 11.3 Å². The van der Waals surface area contributed by atoms with Crippen molar-refractivity contribution >= 4 is 23.2 Å². The number of halogens is 2. The van der Waals surface area contributed by atoms with Crippen molar-refractivity contribution in [1.82, 2.24) is 24.5 Å². The highest BCUT2D eigenvalue weighted by atomic mass is 19.1. The number of anilines is 2. The summed E-state index contributed by atoms with van der Waals surface area (Å²) >= 11 is 0. The molecule has 12 heteroatoms. The van der Waals surface area contributed by atoms with Crippen molar-refractivity contribution in [2.24, 2.45) is 11.7 Å². The molecule has 0 bridgehead atoms. The molecule has 3 heterocycles. The summed E-state index contributed by atoms with van der Waals surface area (Å²) in [5, 5.41) is 18.0. The lowest BCUT2D eigenvalue weighted by Gasteiger charge is -2.43. The van der Waals surface area contributed by atoms with Gasteiger partial charge in [-0.15, -0.1) is 0 Å². The molecule has 0 spiro atoms. The normalized spacial score (nSPS) is 20.9. The van der Waals surface area contributed by atoms with Gasteiger partial charge in [-0.1, -0.05) is 6.92 Å². The van der Waals surface area contributed by atoms with E-state index in [0.717, 1.165) is 24.1 Å². The number of rotatable bonds is 6. The van der Waals surface area contributed by atoms with Crippen molar-refractivity contribution in [3.63, 3.8) is 0 Å². The van der Waals surface area contributed by atoms with E-state index in [0.29, 0.717) is 23.6 Å². The fourth-order valence-electron chi connectivity index (χ4n) is 6.02. The summed E-state index contributed by atoms with van der Waals surface area (Å²) in [6.45, 7) is 4.99. The second-order valence-corrected chi connectivity index (χ2v) is 11.5. The smallest absolute Gasteiger partial charge is 0.409 e. The lowest BCUT2D eigenvalue weighted by molar-refractivity contribution is 0.0775. The first-order chi connectivity index (χ1) is 19.9. The zero-order chi connectivity index (χ0) is 30.3. The molecule has 0 saturated heterocycles. The Labute approximate surface area is 242 Å². The SMILES string of the molecule is COC(=O)N(C)[C@@H]1[C@H](N)C[C@H](c2ccncc2Nc2ncc3ccc(-c4c(F)cc(C(C)(C)O)cc4F)nn23)C[C@@H]1C. The molecule has 10 nitrogen and oxygen atoms in total. The number of carbonyl (C=O) groups is 1. The molecule has 1 aliphatic carbocycles. The zero-order valence-electron chi connectivity index (χ0n) is 24.2. The van der Waals surface area contributed by atoms with Crippen LogP contribution >= 0.6 is 0 Å². The number of nitrogens with one attached hydrogen (secondary N) is 1. The first-order valence-corrected chi connectivity index (χ1v) is 13.7. The first-order valence-electron chi connectivity index (χ1n) is 13.7. The van der Waals surface area contributed by atoms with Crippen molar-refractivity contribution in [3.05, 3.63) is 71.7 Å². The van der Waals surface area contributed by atoms with Gasteiger partial charge in [0.05, 0.1) is 53.6 Å². The van der Waals surface area contributed by atoms with E-state index >= 15 is 8.78 Å². The predicted octanol–water partition coefficient (Wildman–Crippen LogP) is 4.95. The van der Waals surface area contributed by atoms with Crippen LogP contribution in [0.5, 0.6) is 0 Å². The van der Waals surface area contributed by atoms with Gasteiger partial charge >= 0.3 is 6.09 Å². The van der Waals surface area contributed by atoms with Crippen molar-refractivity contribution in [2.75, 3.05) is 19.5 Å². The Bertz CT molecular complexity index is 1590. The maximum atomic E-state index is 15.1. The number of likely N-dealkylation sites (N-methyl/N-ethyl adjacent to an activating group) is 1. The molecule has 1 aliphatic rings. The van der Waals surface area contributed by atoms with E-state index in [2.05, 4.69) is 27.3 Å². The second-order valence-electron chi connectivity index (χ2n) is 11.5. The van der Waals surface area contributed by atoms with Crippen LogP contribution in [0.3, 0.4) is 0 Å². The number of aromatic nitrogens is 4. The largest absolute Gasteiger partial charge is 0.453 e. The Hall–Kier alpha value is -4.16. The molecule has 42 heavy (non-hydrogen) atoms. The summed E-state index contributed by atoms with van der Waals surface area (Å²) in [6, 6.07) is 6.92. The van der Waals surface area contributed by atoms with Crippen LogP contribution in [0.25, 0.3) is 16.8 Å².